The summed E-state index contributed by atoms with van der Waals surface area (Å²) in [5.41, 5.74) is 2.55. The summed E-state index contributed by atoms with van der Waals surface area (Å²) in [4.78, 5) is 18.6. The molecule has 2 aromatic carbocycles. The van der Waals surface area contributed by atoms with Crippen molar-refractivity contribution >= 4 is 17.4 Å². The minimum atomic E-state index is -0.232. The van der Waals surface area contributed by atoms with Crippen LogP contribution in [0.4, 0.5) is 5.69 Å². The van der Waals surface area contributed by atoms with Crippen LogP contribution in [0.25, 0.3) is 5.84 Å². The van der Waals surface area contributed by atoms with Crippen molar-refractivity contribution in [3.63, 3.8) is 0 Å². The van der Waals surface area contributed by atoms with E-state index in [9.17, 15) is 4.79 Å². The molecule has 6 nitrogen and oxygen atoms in total. The Labute approximate surface area is 144 Å². The number of carbonyl (C=O) groups is 1. The molecule has 0 spiro atoms. The van der Waals surface area contributed by atoms with Crippen molar-refractivity contribution in [1.29, 1.82) is 0 Å². The number of nitrogens with zero attached hydrogens (tertiary/aromatic N) is 4. The molecule has 0 aliphatic heterocycles. The summed E-state index contributed by atoms with van der Waals surface area (Å²) in [5, 5.41) is 4.19. The van der Waals surface area contributed by atoms with E-state index in [1.807, 2.05) is 60.7 Å². The number of anilines is 1. The van der Waals surface area contributed by atoms with Gasteiger partial charge in [-0.2, -0.15) is 14.6 Å². The Morgan fingerprint density at radius 1 is 1.08 bits per heavy atom. The molecular weight excluding hydrogens is 316 g/mol. The summed E-state index contributed by atoms with van der Waals surface area (Å²) in [6.45, 7) is 0. The van der Waals surface area contributed by atoms with E-state index in [0.29, 0.717) is 18.0 Å². The van der Waals surface area contributed by atoms with Crippen LogP contribution in [0.1, 0.15) is 21.8 Å². The summed E-state index contributed by atoms with van der Waals surface area (Å²) >= 11 is 0. The minimum Gasteiger partial charge on any atom is -0.416 e. The van der Waals surface area contributed by atoms with E-state index in [0.717, 1.165) is 11.3 Å². The molecule has 0 atom stereocenters. The van der Waals surface area contributed by atoms with Crippen LogP contribution in [-0.4, -0.2) is 27.6 Å². The Morgan fingerprint density at radius 2 is 1.76 bits per heavy atom. The zero-order chi connectivity index (χ0) is 17.2. The molecule has 0 saturated carbocycles. The number of para-hydroxylation sites is 1. The van der Waals surface area contributed by atoms with E-state index in [2.05, 4.69) is 10.1 Å². The number of fused-ring (bicyclic) bond motifs is 1. The highest BCUT2D eigenvalue weighted by Gasteiger charge is 2.25. The first-order chi connectivity index (χ1) is 12.2. The van der Waals surface area contributed by atoms with Gasteiger partial charge in [0.15, 0.2) is 0 Å². The van der Waals surface area contributed by atoms with E-state index in [-0.39, 0.29) is 11.7 Å². The van der Waals surface area contributed by atoms with Crippen molar-refractivity contribution in [2.45, 2.75) is 6.42 Å². The number of hydrogen-bond donors (Lipinski definition) is 0. The van der Waals surface area contributed by atoms with Crippen molar-refractivity contribution in [2.75, 3.05) is 11.9 Å². The third kappa shape index (κ3) is 2.78. The average molecular weight is 332 g/mol. The smallest absolute Gasteiger partial charge is 0.325 e. The lowest BCUT2D eigenvalue weighted by atomic mass is 10.1. The minimum absolute atomic E-state index is 0.232. The second-order valence-corrected chi connectivity index (χ2v) is 5.69. The topological polar surface area (TPSA) is 63.6 Å². The molecule has 1 amide bonds. The average Bonchev–Trinajstić information content (AvgIpc) is 3.25. The van der Waals surface area contributed by atoms with Crippen LogP contribution in [0.3, 0.4) is 0 Å². The van der Waals surface area contributed by atoms with Gasteiger partial charge in [0.1, 0.15) is 12.0 Å². The molecule has 4 rings (SSSR count). The Bertz CT molecular complexity index is 1010. The Kier molecular flexibility index (Phi) is 3.78. The van der Waals surface area contributed by atoms with Gasteiger partial charge < -0.3 is 9.32 Å². The van der Waals surface area contributed by atoms with Crippen LogP contribution in [0.2, 0.25) is 0 Å². The highest BCUT2D eigenvalue weighted by atomic mass is 16.4. The number of benzene rings is 2. The lowest BCUT2D eigenvalue weighted by Gasteiger charge is -2.16. The van der Waals surface area contributed by atoms with E-state index >= 15 is 0 Å². The fourth-order valence-corrected chi connectivity index (χ4v) is 2.76. The molecule has 0 aliphatic rings. The van der Waals surface area contributed by atoms with E-state index in [1.54, 1.807) is 16.5 Å². The van der Waals surface area contributed by atoms with Crippen molar-refractivity contribution in [3.8, 4) is 0 Å². The van der Waals surface area contributed by atoms with Crippen LogP contribution >= 0.6 is 0 Å². The summed E-state index contributed by atoms with van der Waals surface area (Å²) in [6.07, 6.45) is 1.95. The molecule has 0 aliphatic carbocycles. The maximum absolute atomic E-state index is 13.0. The molecule has 0 fully saturated rings. The molecule has 2 heterocycles. The molecule has 0 radical (unpaired) electrons. The number of aromatic nitrogens is 3. The van der Waals surface area contributed by atoms with Gasteiger partial charge in [-0.15, -0.1) is 0 Å². The number of carbonyl (C=O) groups excluding carboxylic acids is 1. The van der Waals surface area contributed by atoms with Crippen molar-refractivity contribution in [3.05, 3.63) is 84.0 Å². The Hall–Kier alpha value is -3.41. The van der Waals surface area contributed by atoms with Crippen LogP contribution in [0.15, 0.2) is 71.4 Å². The first-order valence-corrected chi connectivity index (χ1v) is 7.92. The largest absolute Gasteiger partial charge is 0.416 e. The Balaban J connectivity index is 1.75. The predicted molar refractivity (Wildman–Crippen MR) is 93.7 cm³/mol. The maximum Gasteiger partial charge on any atom is 0.325 e. The van der Waals surface area contributed by atoms with Gasteiger partial charge in [0.2, 0.25) is 5.76 Å². The first kappa shape index (κ1) is 15.1. The molecular formula is C19H16N4O2. The predicted octanol–water partition coefficient (Wildman–Crippen LogP) is 3.19. The molecule has 0 bridgehead atoms. The molecule has 25 heavy (non-hydrogen) atoms. The molecule has 0 unspecified atom stereocenters. The van der Waals surface area contributed by atoms with Gasteiger partial charge >= 0.3 is 5.84 Å². The van der Waals surface area contributed by atoms with Crippen molar-refractivity contribution in [2.24, 2.45) is 0 Å². The summed E-state index contributed by atoms with van der Waals surface area (Å²) in [5.74, 6) is 0.339. The number of amides is 1. The summed E-state index contributed by atoms with van der Waals surface area (Å²) in [6, 6.07) is 19.3. The SMILES string of the molecule is CN(C(=O)c1oc2ncnn2c1Cc1ccccc1)c1ccccc1. The monoisotopic (exact) mass is 332 g/mol. The number of oxazole rings is 1. The van der Waals surface area contributed by atoms with E-state index in [1.165, 1.54) is 6.33 Å². The van der Waals surface area contributed by atoms with Gasteiger partial charge in [-0.05, 0) is 17.7 Å². The lowest BCUT2D eigenvalue weighted by Crippen LogP contribution is -2.27. The standard InChI is InChI=1S/C19H16N4O2/c1-22(15-10-6-3-7-11-15)18(24)17-16(12-14-8-4-2-5-9-14)23-19(25-17)20-13-21-23/h2-11,13H,12H2,1H3. The third-order valence-electron chi connectivity index (χ3n) is 4.08. The van der Waals surface area contributed by atoms with Crippen LogP contribution in [-0.2, 0) is 6.42 Å². The van der Waals surface area contributed by atoms with Gasteiger partial charge in [0, 0.05) is 19.2 Å². The lowest BCUT2D eigenvalue weighted by molar-refractivity contribution is 0.0967. The summed E-state index contributed by atoms with van der Waals surface area (Å²) < 4.78 is 7.30. The normalized spacial score (nSPS) is 10.9. The van der Waals surface area contributed by atoms with Crippen LogP contribution in [0.5, 0.6) is 0 Å². The van der Waals surface area contributed by atoms with Crippen LogP contribution < -0.4 is 4.90 Å². The second kappa shape index (κ2) is 6.24. The Morgan fingerprint density at radius 3 is 2.48 bits per heavy atom. The first-order valence-electron chi connectivity index (χ1n) is 7.92. The fourth-order valence-electron chi connectivity index (χ4n) is 2.76. The summed E-state index contributed by atoms with van der Waals surface area (Å²) in [7, 11) is 1.72. The van der Waals surface area contributed by atoms with Crippen molar-refractivity contribution < 1.29 is 9.21 Å². The highest BCUT2D eigenvalue weighted by Crippen LogP contribution is 2.22. The van der Waals surface area contributed by atoms with E-state index < -0.39 is 0 Å². The highest BCUT2D eigenvalue weighted by molar-refractivity contribution is 6.04. The van der Waals surface area contributed by atoms with Gasteiger partial charge in [0.05, 0.1) is 0 Å². The van der Waals surface area contributed by atoms with Crippen molar-refractivity contribution in [1.82, 2.24) is 14.6 Å². The van der Waals surface area contributed by atoms with Gasteiger partial charge in [-0.1, -0.05) is 48.5 Å². The molecule has 2 aromatic heterocycles. The molecule has 124 valence electrons. The second-order valence-electron chi connectivity index (χ2n) is 5.69. The molecule has 6 heteroatoms. The third-order valence-corrected chi connectivity index (χ3v) is 4.08. The zero-order valence-corrected chi connectivity index (χ0v) is 13.7. The van der Waals surface area contributed by atoms with Gasteiger partial charge in [-0.3, -0.25) is 4.79 Å². The molecule has 4 aromatic rings. The van der Waals surface area contributed by atoms with Gasteiger partial charge in [0.25, 0.3) is 5.91 Å². The molecule has 0 saturated heterocycles. The number of rotatable bonds is 4. The molecule has 0 N–H and O–H groups in total. The fraction of sp³-hybridized carbons (Fsp3) is 0.105. The van der Waals surface area contributed by atoms with E-state index in [4.69, 9.17) is 4.42 Å². The quantitative estimate of drug-likeness (QED) is 0.576. The maximum atomic E-state index is 13.0. The zero-order valence-electron chi connectivity index (χ0n) is 13.7. The number of hydrogen-bond acceptors (Lipinski definition) is 4. The van der Waals surface area contributed by atoms with Gasteiger partial charge in [-0.25, -0.2) is 0 Å². The van der Waals surface area contributed by atoms with Crippen LogP contribution in [0, 0.1) is 0 Å².